The third kappa shape index (κ3) is 3.97. The SMILES string of the molecule is C=CC(=O)Nc1nccc(COc2cc(-c3cnn(C)c3)cn3ncc(C#N)c23)c1Cl. The van der Waals surface area contributed by atoms with Crippen molar-refractivity contribution in [3.05, 3.63) is 71.9 Å². The predicted octanol–water partition coefficient (Wildman–Crippen LogP) is 3.36. The van der Waals surface area contributed by atoms with Crippen LogP contribution in [0.1, 0.15) is 11.1 Å². The molecular formula is C21H16ClN7O2. The molecule has 0 saturated carbocycles. The summed E-state index contributed by atoms with van der Waals surface area (Å²) in [7, 11) is 1.83. The Bertz CT molecular complexity index is 1350. The average molecular weight is 434 g/mol. The van der Waals surface area contributed by atoms with E-state index in [1.165, 1.54) is 12.4 Å². The van der Waals surface area contributed by atoms with Crippen LogP contribution >= 0.6 is 11.6 Å². The van der Waals surface area contributed by atoms with Gasteiger partial charge in [-0.2, -0.15) is 15.5 Å². The summed E-state index contributed by atoms with van der Waals surface area (Å²) in [5, 5.41) is 20.7. The second-order valence-electron chi connectivity index (χ2n) is 6.57. The van der Waals surface area contributed by atoms with Gasteiger partial charge in [0.25, 0.3) is 0 Å². The molecule has 0 aliphatic heterocycles. The number of halogens is 1. The van der Waals surface area contributed by atoms with Crippen molar-refractivity contribution in [3.63, 3.8) is 0 Å². The normalized spacial score (nSPS) is 10.6. The molecule has 9 nitrogen and oxygen atoms in total. The standard InChI is InChI=1S/C21H16ClN7O2/c1-3-18(30)27-21-19(22)13(4-5-24-21)12-31-17-6-14(16-9-25-28(2)10-16)11-29-20(17)15(7-23)8-26-29/h3-6,8-11H,1,12H2,2H3,(H,24,27,30). The Labute approximate surface area is 182 Å². The minimum atomic E-state index is -0.420. The van der Waals surface area contributed by atoms with Gasteiger partial charge in [-0.25, -0.2) is 9.50 Å². The van der Waals surface area contributed by atoms with E-state index in [1.807, 2.05) is 25.5 Å². The fourth-order valence-corrected chi connectivity index (χ4v) is 3.22. The average Bonchev–Trinajstić information content (AvgIpc) is 3.39. The number of hydrogen-bond acceptors (Lipinski definition) is 6. The van der Waals surface area contributed by atoms with Crippen LogP contribution in [0.5, 0.6) is 5.75 Å². The zero-order valence-electron chi connectivity index (χ0n) is 16.4. The third-order valence-corrected chi connectivity index (χ3v) is 4.94. The summed E-state index contributed by atoms with van der Waals surface area (Å²) in [6.07, 6.45) is 9.54. The molecule has 1 N–H and O–H groups in total. The highest BCUT2D eigenvalue weighted by Gasteiger charge is 2.16. The van der Waals surface area contributed by atoms with Crippen LogP contribution in [-0.2, 0) is 18.4 Å². The van der Waals surface area contributed by atoms with Crippen LogP contribution < -0.4 is 10.1 Å². The largest absolute Gasteiger partial charge is 0.487 e. The topological polar surface area (TPSA) is 110 Å². The summed E-state index contributed by atoms with van der Waals surface area (Å²) >= 11 is 6.39. The molecule has 0 aliphatic carbocycles. The number of anilines is 1. The molecule has 0 saturated heterocycles. The molecular weight excluding hydrogens is 418 g/mol. The van der Waals surface area contributed by atoms with Gasteiger partial charge in [-0.05, 0) is 18.2 Å². The van der Waals surface area contributed by atoms with Gasteiger partial charge in [-0.15, -0.1) is 0 Å². The maximum atomic E-state index is 11.6. The molecule has 0 fully saturated rings. The first kappa shape index (κ1) is 20.1. The predicted molar refractivity (Wildman–Crippen MR) is 115 cm³/mol. The number of nitriles is 1. The Morgan fingerprint density at radius 3 is 2.90 bits per heavy atom. The van der Waals surface area contributed by atoms with Gasteiger partial charge in [0.2, 0.25) is 5.91 Å². The second-order valence-corrected chi connectivity index (χ2v) is 6.95. The highest BCUT2D eigenvalue weighted by Crippen LogP contribution is 2.31. The van der Waals surface area contributed by atoms with Gasteiger partial charge in [0.1, 0.15) is 29.5 Å². The molecule has 0 aromatic carbocycles. The van der Waals surface area contributed by atoms with E-state index in [0.717, 1.165) is 17.2 Å². The van der Waals surface area contributed by atoms with Crippen molar-refractivity contribution in [2.24, 2.45) is 7.05 Å². The molecule has 0 aliphatic rings. The molecule has 4 aromatic heterocycles. The number of pyridine rings is 2. The summed E-state index contributed by atoms with van der Waals surface area (Å²) in [4.78, 5) is 15.7. The van der Waals surface area contributed by atoms with Crippen molar-refractivity contribution in [1.82, 2.24) is 24.4 Å². The number of hydrogen-bond donors (Lipinski definition) is 1. The van der Waals surface area contributed by atoms with Crippen LogP contribution in [0, 0.1) is 11.3 Å². The van der Waals surface area contributed by atoms with Gasteiger partial charge < -0.3 is 10.1 Å². The second kappa shape index (κ2) is 8.30. The fraction of sp³-hybridized carbons (Fsp3) is 0.0952. The van der Waals surface area contributed by atoms with Crippen molar-refractivity contribution >= 4 is 28.8 Å². The van der Waals surface area contributed by atoms with Gasteiger partial charge in [-0.3, -0.25) is 9.48 Å². The first-order valence-electron chi connectivity index (χ1n) is 9.10. The van der Waals surface area contributed by atoms with Gasteiger partial charge in [0.05, 0.1) is 17.4 Å². The van der Waals surface area contributed by atoms with E-state index in [4.69, 9.17) is 16.3 Å². The van der Waals surface area contributed by atoms with E-state index in [-0.39, 0.29) is 17.4 Å². The lowest BCUT2D eigenvalue weighted by Gasteiger charge is -2.12. The number of nitrogens with one attached hydrogen (secondary N) is 1. The Hall–Kier alpha value is -4.16. The number of fused-ring (bicyclic) bond motifs is 1. The summed E-state index contributed by atoms with van der Waals surface area (Å²) in [5.41, 5.74) is 3.23. The molecule has 4 heterocycles. The summed E-state index contributed by atoms with van der Waals surface area (Å²) in [6, 6.07) is 5.64. The Balaban J connectivity index is 1.70. The summed E-state index contributed by atoms with van der Waals surface area (Å²) in [6.45, 7) is 3.50. The minimum Gasteiger partial charge on any atom is -0.487 e. The highest BCUT2D eigenvalue weighted by molar-refractivity contribution is 6.34. The van der Waals surface area contributed by atoms with E-state index in [2.05, 4.69) is 33.1 Å². The zero-order valence-corrected chi connectivity index (χ0v) is 17.2. The van der Waals surface area contributed by atoms with Crippen LogP contribution in [-0.4, -0.2) is 30.3 Å². The third-order valence-electron chi connectivity index (χ3n) is 4.51. The molecule has 31 heavy (non-hydrogen) atoms. The first-order chi connectivity index (χ1) is 15.0. The molecule has 154 valence electrons. The Kier molecular flexibility index (Phi) is 5.39. The van der Waals surface area contributed by atoms with E-state index in [9.17, 15) is 10.1 Å². The van der Waals surface area contributed by atoms with E-state index in [0.29, 0.717) is 22.4 Å². The van der Waals surface area contributed by atoms with Crippen molar-refractivity contribution in [2.75, 3.05) is 5.32 Å². The van der Waals surface area contributed by atoms with E-state index in [1.54, 1.807) is 21.5 Å². The number of aromatic nitrogens is 5. The van der Waals surface area contributed by atoms with Gasteiger partial charge in [0.15, 0.2) is 5.82 Å². The molecule has 1 amide bonds. The maximum absolute atomic E-state index is 11.6. The minimum absolute atomic E-state index is 0.0838. The molecule has 0 unspecified atom stereocenters. The number of rotatable bonds is 6. The van der Waals surface area contributed by atoms with Crippen molar-refractivity contribution in [3.8, 4) is 22.9 Å². The Morgan fingerprint density at radius 1 is 1.35 bits per heavy atom. The highest BCUT2D eigenvalue weighted by atomic mass is 35.5. The molecule has 0 bridgehead atoms. The lowest BCUT2D eigenvalue weighted by molar-refractivity contribution is -0.111. The van der Waals surface area contributed by atoms with Crippen LogP contribution in [0.3, 0.4) is 0 Å². The first-order valence-corrected chi connectivity index (χ1v) is 9.48. The van der Waals surface area contributed by atoms with Crippen LogP contribution in [0.2, 0.25) is 5.02 Å². The molecule has 0 radical (unpaired) electrons. The molecule has 4 rings (SSSR count). The van der Waals surface area contributed by atoms with Crippen LogP contribution in [0.15, 0.2) is 55.8 Å². The molecule has 0 spiro atoms. The summed E-state index contributed by atoms with van der Waals surface area (Å²) in [5.74, 6) is 0.250. The monoisotopic (exact) mass is 433 g/mol. The van der Waals surface area contributed by atoms with Gasteiger partial charge >= 0.3 is 0 Å². The molecule has 10 heteroatoms. The van der Waals surface area contributed by atoms with Crippen LogP contribution in [0.4, 0.5) is 5.82 Å². The van der Waals surface area contributed by atoms with Gasteiger partial charge in [-0.1, -0.05) is 18.2 Å². The quantitative estimate of drug-likeness (QED) is 0.467. The number of carbonyl (C=O) groups excluding carboxylic acids is 1. The van der Waals surface area contributed by atoms with Gasteiger partial charge in [0, 0.05) is 42.3 Å². The van der Waals surface area contributed by atoms with Crippen molar-refractivity contribution in [1.29, 1.82) is 5.26 Å². The number of aryl methyl sites for hydroxylation is 1. The lowest BCUT2D eigenvalue weighted by Crippen LogP contribution is -2.10. The fourth-order valence-electron chi connectivity index (χ4n) is 3.01. The smallest absolute Gasteiger partial charge is 0.248 e. The van der Waals surface area contributed by atoms with E-state index >= 15 is 0 Å². The molecule has 0 atom stereocenters. The Morgan fingerprint density at radius 2 is 2.19 bits per heavy atom. The maximum Gasteiger partial charge on any atom is 0.248 e. The summed E-state index contributed by atoms with van der Waals surface area (Å²) < 4.78 is 9.35. The number of amides is 1. The zero-order chi connectivity index (χ0) is 22.0. The molecule has 4 aromatic rings. The van der Waals surface area contributed by atoms with Crippen LogP contribution in [0.25, 0.3) is 16.6 Å². The van der Waals surface area contributed by atoms with Crippen molar-refractivity contribution in [2.45, 2.75) is 6.61 Å². The number of nitrogens with zero attached hydrogens (tertiary/aromatic N) is 6. The van der Waals surface area contributed by atoms with E-state index < -0.39 is 5.91 Å². The van der Waals surface area contributed by atoms with Crippen molar-refractivity contribution < 1.29 is 9.53 Å². The number of carbonyl (C=O) groups is 1. The lowest BCUT2D eigenvalue weighted by atomic mass is 10.1. The number of ether oxygens (including phenoxy) is 1.